The second-order valence-corrected chi connectivity index (χ2v) is 4.25. The van der Waals surface area contributed by atoms with Crippen molar-refractivity contribution in [2.45, 2.75) is 39.7 Å². The quantitative estimate of drug-likeness (QED) is 0.710. The fraction of sp³-hybridized carbons (Fsp3) is 0.900. The molecule has 1 N–H and O–H groups in total. The topological polar surface area (TPSA) is 32.3 Å². The second kappa shape index (κ2) is 4.49. The Morgan fingerprint density at radius 2 is 2.08 bits per heavy atom. The highest BCUT2D eigenvalue weighted by molar-refractivity contribution is 5.76. The van der Waals surface area contributed by atoms with Gasteiger partial charge in [0, 0.05) is 19.1 Å². The van der Waals surface area contributed by atoms with E-state index in [1.807, 2.05) is 4.90 Å². The van der Waals surface area contributed by atoms with E-state index in [1.54, 1.807) is 0 Å². The van der Waals surface area contributed by atoms with E-state index in [1.165, 1.54) is 6.42 Å². The molecule has 76 valence electrons. The Bertz CT molecular complexity index is 180. The van der Waals surface area contributed by atoms with Gasteiger partial charge in [-0.05, 0) is 25.7 Å². The molecule has 2 amide bonds. The van der Waals surface area contributed by atoms with Gasteiger partial charge in [0.05, 0.1) is 0 Å². The van der Waals surface area contributed by atoms with E-state index in [-0.39, 0.29) is 6.03 Å². The summed E-state index contributed by atoms with van der Waals surface area (Å²) in [5.74, 6) is 0.730. The van der Waals surface area contributed by atoms with Gasteiger partial charge in [0.2, 0.25) is 0 Å². The van der Waals surface area contributed by atoms with Crippen molar-refractivity contribution in [3.8, 4) is 0 Å². The highest BCUT2D eigenvalue weighted by Gasteiger charge is 2.24. The summed E-state index contributed by atoms with van der Waals surface area (Å²) in [5, 5.41) is 2.83. The number of hydrogen-bond donors (Lipinski definition) is 1. The van der Waals surface area contributed by atoms with Gasteiger partial charge >= 0.3 is 6.03 Å². The van der Waals surface area contributed by atoms with Crippen LogP contribution in [-0.2, 0) is 0 Å². The Balaban J connectivity index is 2.30. The van der Waals surface area contributed by atoms with Crippen LogP contribution in [0.4, 0.5) is 4.79 Å². The van der Waals surface area contributed by atoms with Gasteiger partial charge in [0.25, 0.3) is 0 Å². The molecule has 13 heavy (non-hydrogen) atoms. The van der Waals surface area contributed by atoms with Crippen molar-refractivity contribution >= 4 is 6.03 Å². The average molecular weight is 184 g/mol. The Labute approximate surface area is 80.5 Å². The molecule has 0 aromatic rings. The molecule has 0 aromatic carbocycles. The van der Waals surface area contributed by atoms with Crippen molar-refractivity contribution < 1.29 is 4.79 Å². The van der Waals surface area contributed by atoms with E-state index in [4.69, 9.17) is 0 Å². The van der Waals surface area contributed by atoms with Crippen LogP contribution in [0.5, 0.6) is 0 Å². The molecule has 0 aromatic heterocycles. The van der Waals surface area contributed by atoms with Crippen LogP contribution in [0.15, 0.2) is 0 Å². The first-order chi connectivity index (χ1) is 6.11. The Hall–Kier alpha value is -0.730. The van der Waals surface area contributed by atoms with Crippen LogP contribution in [-0.4, -0.2) is 30.1 Å². The first kappa shape index (κ1) is 10.4. The zero-order valence-corrected chi connectivity index (χ0v) is 8.84. The molecule has 1 aliphatic heterocycles. The molecule has 0 radical (unpaired) electrons. The van der Waals surface area contributed by atoms with E-state index >= 15 is 0 Å². The number of urea groups is 1. The predicted octanol–water partition coefficient (Wildman–Crippen LogP) is 1.84. The summed E-state index contributed by atoms with van der Waals surface area (Å²) in [6.45, 7) is 8.25. The molecule has 3 heteroatoms. The molecular weight excluding hydrogens is 164 g/mol. The monoisotopic (exact) mass is 184 g/mol. The van der Waals surface area contributed by atoms with E-state index in [9.17, 15) is 4.79 Å². The number of carbonyl (C=O) groups is 1. The third kappa shape index (κ3) is 2.90. The van der Waals surface area contributed by atoms with Crippen molar-refractivity contribution in [3.63, 3.8) is 0 Å². The molecule has 1 rings (SSSR count). The minimum absolute atomic E-state index is 0.108. The molecule has 1 unspecified atom stereocenters. The zero-order valence-electron chi connectivity index (χ0n) is 8.84. The predicted molar refractivity (Wildman–Crippen MR) is 53.6 cm³/mol. The third-order valence-electron chi connectivity index (χ3n) is 2.58. The van der Waals surface area contributed by atoms with Gasteiger partial charge in [0.1, 0.15) is 0 Å². The summed E-state index contributed by atoms with van der Waals surface area (Å²) < 4.78 is 0. The summed E-state index contributed by atoms with van der Waals surface area (Å²) in [4.78, 5) is 13.2. The number of nitrogens with zero attached hydrogens (tertiary/aromatic N) is 1. The number of amides is 2. The number of nitrogens with one attached hydrogen (secondary N) is 1. The molecule has 1 heterocycles. The van der Waals surface area contributed by atoms with Gasteiger partial charge in [-0.25, -0.2) is 4.79 Å². The van der Waals surface area contributed by atoms with E-state index in [2.05, 4.69) is 26.1 Å². The maximum absolute atomic E-state index is 11.3. The lowest BCUT2D eigenvalue weighted by Crippen LogP contribution is -2.36. The summed E-state index contributed by atoms with van der Waals surface area (Å²) >= 11 is 0. The maximum atomic E-state index is 11.3. The SMILES string of the molecule is CC(C)CCC(C)N1CCNC1=O. The van der Waals surface area contributed by atoms with E-state index in [0.717, 1.165) is 25.4 Å². The van der Waals surface area contributed by atoms with Crippen LogP contribution < -0.4 is 5.32 Å². The van der Waals surface area contributed by atoms with Crippen LogP contribution >= 0.6 is 0 Å². The van der Waals surface area contributed by atoms with Crippen molar-refractivity contribution in [2.24, 2.45) is 5.92 Å². The lowest BCUT2D eigenvalue weighted by Gasteiger charge is -2.23. The van der Waals surface area contributed by atoms with Crippen LogP contribution in [0.1, 0.15) is 33.6 Å². The highest BCUT2D eigenvalue weighted by atomic mass is 16.2. The number of carbonyl (C=O) groups excluding carboxylic acids is 1. The smallest absolute Gasteiger partial charge is 0.317 e. The largest absolute Gasteiger partial charge is 0.336 e. The van der Waals surface area contributed by atoms with Crippen LogP contribution in [0, 0.1) is 5.92 Å². The summed E-state index contributed by atoms with van der Waals surface area (Å²) in [6.07, 6.45) is 2.32. The molecule has 3 nitrogen and oxygen atoms in total. The second-order valence-electron chi connectivity index (χ2n) is 4.25. The van der Waals surface area contributed by atoms with Crippen molar-refractivity contribution in [1.82, 2.24) is 10.2 Å². The minimum Gasteiger partial charge on any atom is -0.336 e. The number of rotatable bonds is 4. The molecule has 1 saturated heterocycles. The Morgan fingerprint density at radius 1 is 1.38 bits per heavy atom. The van der Waals surface area contributed by atoms with Gasteiger partial charge in [-0.3, -0.25) is 0 Å². The molecule has 1 fully saturated rings. The molecular formula is C10H20N2O. The molecule has 0 spiro atoms. The Kier molecular flexibility index (Phi) is 3.58. The Morgan fingerprint density at radius 3 is 2.54 bits per heavy atom. The fourth-order valence-electron chi connectivity index (χ4n) is 1.64. The summed E-state index contributed by atoms with van der Waals surface area (Å²) in [7, 11) is 0. The van der Waals surface area contributed by atoms with Gasteiger partial charge in [-0.2, -0.15) is 0 Å². The summed E-state index contributed by atoms with van der Waals surface area (Å²) in [5.41, 5.74) is 0. The van der Waals surface area contributed by atoms with Gasteiger partial charge in [0.15, 0.2) is 0 Å². The first-order valence-electron chi connectivity index (χ1n) is 5.15. The first-order valence-corrected chi connectivity index (χ1v) is 5.15. The fourth-order valence-corrected chi connectivity index (χ4v) is 1.64. The molecule has 1 aliphatic rings. The van der Waals surface area contributed by atoms with Crippen LogP contribution in [0.3, 0.4) is 0 Å². The summed E-state index contributed by atoms with van der Waals surface area (Å²) in [6, 6.07) is 0.501. The van der Waals surface area contributed by atoms with Crippen molar-refractivity contribution in [2.75, 3.05) is 13.1 Å². The van der Waals surface area contributed by atoms with E-state index in [0.29, 0.717) is 6.04 Å². The lowest BCUT2D eigenvalue weighted by atomic mass is 10.0. The highest BCUT2D eigenvalue weighted by Crippen LogP contribution is 2.13. The molecule has 0 saturated carbocycles. The van der Waals surface area contributed by atoms with E-state index < -0.39 is 0 Å². The van der Waals surface area contributed by atoms with Crippen LogP contribution in [0.2, 0.25) is 0 Å². The molecule has 0 aliphatic carbocycles. The zero-order chi connectivity index (χ0) is 9.84. The minimum atomic E-state index is 0.108. The molecule has 1 atom stereocenters. The van der Waals surface area contributed by atoms with Gasteiger partial charge in [-0.1, -0.05) is 13.8 Å². The molecule has 0 bridgehead atoms. The van der Waals surface area contributed by atoms with Gasteiger partial charge in [-0.15, -0.1) is 0 Å². The maximum Gasteiger partial charge on any atom is 0.317 e. The lowest BCUT2D eigenvalue weighted by molar-refractivity contribution is 0.196. The van der Waals surface area contributed by atoms with Gasteiger partial charge < -0.3 is 10.2 Å². The average Bonchev–Trinajstić information content (AvgIpc) is 2.47. The van der Waals surface area contributed by atoms with Crippen molar-refractivity contribution in [1.29, 1.82) is 0 Å². The third-order valence-corrected chi connectivity index (χ3v) is 2.58. The van der Waals surface area contributed by atoms with Crippen LogP contribution in [0.25, 0.3) is 0 Å². The number of hydrogen-bond acceptors (Lipinski definition) is 1. The normalized spacial score (nSPS) is 19.4. The standard InChI is InChI=1S/C10H20N2O/c1-8(2)4-5-9(3)12-7-6-11-10(12)13/h8-9H,4-7H2,1-3H3,(H,11,13). The van der Waals surface area contributed by atoms with Crippen molar-refractivity contribution in [3.05, 3.63) is 0 Å².